The van der Waals surface area contributed by atoms with Crippen LogP contribution in [-0.2, 0) is 6.54 Å². The lowest BCUT2D eigenvalue weighted by atomic mass is 9.89. The van der Waals surface area contributed by atoms with Crippen LogP contribution >= 0.6 is 0 Å². The van der Waals surface area contributed by atoms with E-state index in [4.69, 9.17) is 0 Å². The average Bonchev–Trinajstić information content (AvgIpc) is 2.44. The third kappa shape index (κ3) is 3.20. The molecule has 1 aliphatic heterocycles. The predicted molar refractivity (Wildman–Crippen MR) is 85.9 cm³/mol. The molecule has 0 amide bonds. The van der Waals surface area contributed by atoms with Gasteiger partial charge in [-0.25, -0.2) is 0 Å². The molecule has 2 nitrogen and oxygen atoms in total. The number of rotatable bonds is 3. The van der Waals surface area contributed by atoms with Gasteiger partial charge in [0.05, 0.1) is 0 Å². The van der Waals surface area contributed by atoms with Crippen LogP contribution in [0.4, 0.5) is 0 Å². The maximum Gasteiger partial charge on any atom is 0.0208 e. The van der Waals surface area contributed by atoms with Crippen LogP contribution in [0.3, 0.4) is 0 Å². The zero-order valence-electron chi connectivity index (χ0n) is 12.4. The fraction of sp³-hybridized carbons (Fsp3) is 0.444. The molecule has 20 heavy (non-hydrogen) atoms. The number of nitrogens with one attached hydrogen (secondary N) is 2. The molecule has 2 aromatic rings. The van der Waals surface area contributed by atoms with Crippen LogP contribution in [0.25, 0.3) is 10.8 Å². The Balaban J connectivity index is 1.65. The maximum atomic E-state index is 3.72. The van der Waals surface area contributed by atoms with Gasteiger partial charge >= 0.3 is 0 Å². The van der Waals surface area contributed by atoms with Crippen LogP contribution in [0, 0.1) is 0 Å². The van der Waals surface area contributed by atoms with Crippen LogP contribution in [0.5, 0.6) is 0 Å². The molecule has 2 aromatic carbocycles. The van der Waals surface area contributed by atoms with E-state index in [1.54, 1.807) is 0 Å². The highest BCUT2D eigenvalue weighted by atomic mass is 15.0. The first kappa shape index (κ1) is 13.6. The molecule has 0 spiro atoms. The van der Waals surface area contributed by atoms with Gasteiger partial charge in [0.1, 0.15) is 0 Å². The van der Waals surface area contributed by atoms with Gasteiger partial charge < -0.3 is 10.6 Å². The van der Waals surface area contributed by atoms with Gasteiger partial charge in [-0.15, -0.1) is 0 Å². The topological polar surface area (TPSA) is 24.1 Å². The lowest BCUT2D eigenvalue weighted by molar-refractivity contribution is 0.247. The molecule has 0 radical (unpaired) electrons. The summed E-state index contributed by atoms with van der Waals surface area (Å²) in [5, 5.41) is 9.94. The van der Waals surface area contributed by atoms with E-state index in [0.717, 1.165) is 13.1 Å². The minimum absolute atomic E-state index is 0.263. The summed E-state index contributed by atoms with van der Waals surface area (Å²) in [6, 6.07) is 15.9. The smallest absolute Gasteiger partial charge is 0.0208 e. The lowest BCUT2D eigenvalue weighted by Gasteiger charge is -2.37. The van der Waals surface area contributed by atoms with Gasteiger partial charge in [-0.05, 0) is 55.6 Å². The minimum Gasteiger partial charge on any atom is -0.312 e. The summed E-state index contributed by atoms with van der Waals surface area (Å²) < 4.78 is 0. The summed E-state index contributed by atoms with van der Waals surface area (Å²) >= 11 is 0. The third-order valence-electron chi connectivity index (χ3n) is 4.26. The first-order valence-electron chi connectivity index (χ1n) is 7.58. The van der Waals surface area contributed by atoms with Gasteiger partial charge in [0.2, 0.25) is 0 Å². The first-order valence-corrected chi connectivity index (χ1v) is 7.58. The highest BCUT2D eigenvalue weighted by molar-refractivity contribution is 5.82. The van der Waals surface area contributed by atoms with Gasteiger partial charge in [-0.2, -0.15) is 0 Å². The highest BCUT2D eigenvalue weighted by Gasteiger charge is 2.26. The Morgan fingerprint density at radius 3 is 2.75 bits per heavy atom. The van der Waals surface area contributed by atoms with Crippen molar-refractivity contribution in [2.45, 2.75) is 44.8 Å². The summed E-state index contributed by atoms with van der Waals surface area (Å²) in [5.41, 5.74) is 1.64. The normalized spacial score (nSPS) is 22.0. The standard InChI is InChI=1S/C18H24N2/c1-18(2)12-17(9-10-20-18)19-13-14-7-8-15-5-3-4-6-16(15)11-14/h3-8,11,17,19-20H,9-10,12-13H2,1-2H3. The number of hydrogen-bond donors (Lipinski definition) is 2. The van der Waals surface area contributed by atoms with E-state index in [1.807, 2.05) is 0 Å². The summed E-state index contributed by atoms with van der Waals surface area (Å²) in [7, 11) is 0. The Labute approximate surface area is 121 Å². The van der Waals surface area contributed by atoms with Crippen molar-refractivity contribution in [1.82, 2.24) is 10.6 Å². The molecule has 2 N–H and O–H groups in total. The fourth-order valence-electron chi connectivity index (χ4n) is 3.16. The van der Waals surface area contributed by atoms with Crippen LogP contribution < -0.4 is 10.6 Å². The second-order valence-corrected chi connectivity index (χ2v) is 6.56. The largest absolute Gasteiger partial charge is 0.312 e. The molecule has 1 saturated heterocycles. The van der Waals surface area contributed by atoms with Crippen molar-refractivity contribution >= 4 is 10.8 Å². The molecule has 3 rings (SSSR count). The quantitative estimate of drug-likeness (QED) is 0.891. The van der Waals surface area contributed by atoms with Gasteiger partial charge in [0.15, 0.2) is 0 Å². The molecule has 1 heterocycles. The molecule has 1 aliphatic rings. The minimum atomic E-state index is 0.263. The molecule has 0 aromatic heterocycles. The SMILES string of the molecule is CC1(C)CC(NCc2ccc3ccccc3c2)CCN1. The Morgan fingerprint density at radius 1 is 1.15 bits per heavy atom. The molecule has 106 valence electrons. The summed E-state index contributed by atoms with van der Waals surface area (Å²) in [6.07, 6.45) is 2.41. The van der Waals surface area contributed by atoms with E-state index in [-0.39, 0.29) is 5.54 Å². The van der Waals surface area contributed by atoms with Gasteiger partial charge in [0, 0.05) is 18.1 Å². The third-order valence-corrected chi connectivity index (χ3v) is 4.26. The van der Waals surface area contributed by atoms with E-state index in [9.17, 15) is 0 Å². The molecule has 1 atom stereocenters. The molecule has 0 saturated carbocycles. The van der Waals surface area contributed by atoms with E-state index >= 15 is 0 Å². The maximum absolute atomic E-state index is 3.72. The summed E-state index contributed by atoms with van der Waals surface area (Å²) in [4.78, 5) is 0. The molecule has 0 aliphatic carbocycles. The second kappa shape index (κ2) is 5.55. The number of piperidine rings is 1. The van der Waals surface area contributed by atoms with Crippen LogP contribution in [0.1, 0.15) is 32.3 Å². The van der Waals surface area contributed by atoms with E-state index in [2.05, 4.69) is 66.9 Å². The molecule has 2 heteroatoms. The van der Waals surface area contributed by atoms with Gasteiger partial charge in [0.25, 0.3) is 0 Å². The summed E-state index contributed by atoms with van der Waals surface area (Å²) in [6.45, 7) is 6.65. The average molecular weight is 268 g/mol. The van der Waals surface area contributed by atoms with Gasteiger partial charge in [-0.1, -0.05) is 36.4 Å². The number of hydrogen-bond acceptors (Lipinski definition) is 2. The van der Waals surface area contributed by atoms with Crippen molar-refractivity contribution in [1.29, 1.82) is 0 Å². The molecule has 1 fully saturated rings. The Kier molecular flexibility index (Phi) is 3.77. The zero-order valence-corrected chi connectivity index (χ0v) is 12.4. The van der Waals surface area contributed by atoms with Crippen molar-refractivity contribution in [2.24, 2.45) is 0 Å². The number of fused-ring (bicyclic) bond motifs is 1. The summed E-state index contributed by atoms with van der Waals surface area (Å²) in [5.74, 6) is 0. The van der Waals surface area contributed by atoms with Crippen LogP contribution in [0.15, 0.2) is 42.5 Å². The van der Waals surface area contributed by atoms with Crippen molar-refractivity contribution in [3.05, 3.63) is 48.0 Å². The Bertz CT molecular complexity index is 589. The predicted octanol–water partition coefficient (Wildman–Crippen LogP) is 3.46. The van der Waals surface area contributed by atoms with Gasteiger partial charge in [-0.3, -0.25) is 0 Å². The van der Waals surface area contributed by atoms with E-state index in [1.165, 1.54) is 29.2 Å². The van der Waals surface area contributed by atoms with Crippen molar-refractivity contribution < 1.29 is 0 Å². The second-order valence-electron chi connectivity index (χ2n) is 6.56. The Hall–Kier alpha value is -1.38. The van der Waals surface area contributed by atoms with E-state index in [0.29, 0.717) is 6.04 Å². The van der Waals surface area contributed by atoms with Crippen molar-refractivity contribution in [3.8, 4) is 0 Å². The van der Waals surface area contributed by atoms with Crippen LogP contribution in [0.2, 0.25) is 0 Å². The zero-order chi connectivity index (χ0) is 14.0. The fourth-order valence-corrected chi connectivity index (χ4v) is 3.16. The van der Waals surface area contributed by atoms with Crippen molar-refractivity contribution in [2.75, 3.05) is 6.54 Å². The molecular weight excluding hydrogens is 244 g/mol. The monoisotopic (exact) mass is 268 g/mol. The van der Waals surface area contributed by atoms with Crippen LogP contribution in [-0.4, -0.2) is 18.1 Å². The van der Waals surface area contributed by atoms with E-state index < -0.39 is 0 Å². The number of benzene rings is 2. The lowest BCUT2D eigenvalue weighted by Crippen LogP contribution is -2.51. The highest BCUT2D eigenvalue weighted by Crippen LogP contribution is 2.19. The van der Waals surface area contributed by atoms with Crippen molar-refractivity contribution in [3.63, 3.8) is 0 Å². The molecular formula is C18H24N2. The molecule has 0 bridgehead atoms. The molecule has 1 unspecified atom stereocenters. The first-order chi connectivity index (χ1) is 9.62. The Morgan fingerprint density at radius 2 is 1.95 bits per heavy atom.